The van der Waals surface area contributed by atoms with Crippen molar-refractivity contribution in [1.82, 2.24) is 16.0 Å². The van der Waals surface area contributed by atoms with Crippen molar-refractivity contribution >= 4 is 11.6 Å². The Morgan fingerprint density at radius 3 is 1.33 bits per heavy atom. The Hall–Kier alpha value is -5.37. The first-order chi connectivity index (χ1) is 28.9. The summed E-state index contributed by atoms with van der Waals surface area (Å²) in [4.78, 5) is 0. The summed E-state index contributed by atoms with van der Waals surface area (Å²) in [6, 6.07) is 36.7. The molecule has 3 aliphatic rings. The average Bonchev–Trinajstić information content (AvgIpc) is 3.51. The number of nitrogens with one attached hydrogen (secondary N) is 3. The quantitative estimate of drug-likeness (QED) is 0.105. The van der Waals surface area contributed by atoms with Gasteiger partial charge in [-0.1, -0.05) is 84.4 Å². The number of hydrogen-bond donors (Lipinski definition) is 6. The lowest BCUT2D eigenvalue weighted by molar-refractivity contribution is 0.0809. The van der Waals surface area contributed by atoms with Crippen molar-refractivity contribution in [2.24, 2.45) is 0 Å². The maximum absolute atomic E-state index is 13.6. The van der Waals surface area contributed by atoms with Gasteiger partial charge >= 0.3 is 0 Å². The highest BCUT2D eigenvalue weighted by Gasteiger charge is 2.40. The van der Waals surface area contributed by atoms with E-state index in [1.165, 1.54) is 24.3 Å². The van der Waals surface area contributed by atoms with E-state index in [9.17, 15) is 24.1 Å². The summed E-state index contributed by atoms with van der Waals surface area (Å²) in [6.07, 6.45) is 0. The van der Waals surface area contributed by atoms with Gasteiger partial charge in [0.15, 0.2) is 0 Å². The van der Waals surface area contributed by atoms with Crippen molar-refractivity contribution in [2.75, 3.05) is 40.8 Å². The molecule has 0 spiro atoms. The van der Waals surface area contributed by atoms with Crippen molar-refractivity contribution in [2.45, 2.75) is 36.6 Å². The minimum Gasteiger partial charge on any atom is -0.488 e. The molecule has 0 bridgehead atoms. The van der Waals surface area contributed by atoms with E-state index in [0.29, 0.717) is 76.4 Å². The van der Waals surface area contributed by atoms with Gasteiger partial charge < -0.3 is 45.5 Å². The molecule has 9 nitrogen and oxygen atoms in total. The number of benzene rings is 6. The molecule has 312 valence electrons. The highest BCUT2D eigenvalue weighted by Crippen LogP contribution is 2.43. The van der Waals surface area contributed by atoms with Gasteiger partial charge in [-0.3, -0.25) is 0 Å². The highest BCUT2D eigenvalue weighted by molar-refractivity contribution is 6.30. The molecule has 0 amide bonds. The van der Waals surface area contributed by atoms with E-state index in [-0.39, 0.29) is 24.8 Å². The molecule has 0 aliphatic carbocycles. The van der Waals surface area contributed by atoms with Crippen LogP contribution in [0.5, 0.6) is 17.2 Å². The third-order valence-corrected chi connectivity index (χ3v) is 11.2. The van der Waals surface area contributed by atoms with Crippen LogP contribution in [-0.2, 0) is 36.6 Å². The Morgan fingerprint density at radius 2 is 0.850 bits per heavy atom. The van der Waals surface area contributed by atoms with Crippen LogP contribution in [0.3, 0.4) is 0 Å². The van der Waals surface area contributed by atoms with Crippen molar-refractivity contribution < 1.29 is 38.3 Å². The number of rotatable bonds is 6. The number of ether oxygens (including phenoxy) is 3. The van der Waals surface area contributed by atoms with Gasteiger partial charge in [-0.2, -0.15) is 0 Å². The van der Waals surface area contributed by atoms with E-state index in [4.69, 9.17) is 25.8 Å². The summed E-state index contributed by atoms with van der Waals surface area (Å²) < 4.78 is 44.3. The zero-order valence-corrected chi connectivity index (χ0v) is 34.3. The standard InChI is InChI=1S/C16H16ClNO2.2C16H16FNO2/c2*1-18-10-16(19)13-7-6-12(17)8-11(13)9-20-15-5-3-2-4-14(15)16;1-18-10-16(19)13-4-2-3-5-15(13)20-9-11-6-7-12(17)8-14(11)16/h3*2-8,18-19H,9-10H2,1H3. The third kappa shape index (κ3) is 8.35. The lowest BCUT2D eigenvalue weighted by Gasteiger charge is -2.29. The van der Waals surface area contributed by atoms with Gasteiger partial charge in [-0.15, -0.1) is 0 Å². The molecule has 60 heavy (non-hydrogen) atoms. The van der Waals surface area contributed by atoms with E-state index in [0.717, 1.165) is 22.3 Å². The fourth-order valence-electron chi connectivity index (χ4n) is 8.27. The van der Waals surface area contributed by atoms with Crippen LogP contribution in [0, 0.1) is 11.6 Å². The molecule has 0 radical (unpaired) electrons. The summed E-state index contributed by atoms with van der Waals surface area (Å²) in [5.74, 6) is 1.27. The van der Waals surface area contributed by atoms with Gasteiger partial charge in [0, 0.05) is 41.3 Å². The number of hydrogen-bond acceptors (Lipinski definition) is 9. The normalized spacial score (nSPS) is 20.6. The maximum Gasteiger partial charge on any atom is 0.131 e. The SMILES string of the molecule is CNCC1(O)c2cc(F)ccc2COc2ccccc21.CNCC1(O)c2ccc(Cl)cc2COc2ccccc21.CNCC1(O)c2ccc(F)cc2COc2ccccc21. The Morgan fingerprint density at radius 1 is 0.467 bits per heavy atom. The minimum absolute atomic E-state index is 0.246. The van der Waals surface area contributed by atoms with Crippen LogP contribution in [0.1, 0.15) is 50.1 Å². The minimum atomic E-state index is -1.31. The van der Waals surface area contributed by atoms with E-state index < -0.39 is 16.8 Å². The molecular formula is C48H48ClF2N3O6. The Bertz CT molecular complexity index is 2360. The number of halogens is 3. The van der Waals surface area contributed by atoms with E-state index in [2.05, 4.69) is 16.0 Å². The van der Waals surface area contributed by atoms with Gasteiger partial charge in [0.1, 0.15) is 65.5 Å². The number of para-hydroxylation sites is 3. The van der Waals surface area contributed by atoms with Gasteiger partial charge in [-0.05, 0) is 109 Å². The van der Waals surface area contributed by atoms with E-state index >= 15 is 0 Å². The van der Waals surface area contributed by atoms with Gasteiger partial charge in [0.25, 0.3) is 0 Å². The van der Waals surface area contributed by atoms with Crippen molar-refractivity contribution in [3.05, 3.63) is 194 Å². The van der Waals surface area contributed by atoms with Crippen LogP contribution < -0.4 is 30.2 Å². The third-order valence-electron chi connectivity index (χ3n) is 11.0. The first-order valence-electron chi connectivity index (χ1n) is 19.6. The molecule has 3 unspecified atom stereocenters. The van der Waals surface area contributed by atoms with Gasteiger partial charge in [-0.25, -0.2) is 8.78 Å². The molecule has 3 heterocycles. The van der Waals surface area contributed by atoms with Crippen molar-refractivity contribution in [1.29, 1.82) is 0 Å². The Balaban J connectivity index is 0.000000136. The van der Waals surface area contributed by atoms with Gasteiger partial charge in [0.05, 0.1) is 0 Å². The van der Waals surface area contributed by atoms with Crippen LogP contribution in [0.4, 0.5) is 8.78 Å². The largest absolute Gasteiger partial charge is 0.488 e. The lowest BCUT2D eigenvalue weighted by Crippen LogP contribution is -2.38. The number of fused-ring (bicyclic) bond motifs is 6. The van der Waals surface area contributed by atoms with Crippen LogP contribution in [0.15, 0.2) is 127 Å². The summed E-state index contributed by atoms with van der Waals surface area (Å²) in [5, 5.41) is 43.3. The second kappa shape index (κ2) is 18.1. The number of aliphatic hydroxyl groups is 3. The second-order valence-electron chi connectivity index (χ2n) is 14.9. The molecule has 12 heteroatoms. The number of likely N-dealkylation sites (N-methyl/N-ethyl adjacent to an activating group) is 3. The lowest BCUT2D eigenvalue weighted by atomic mass is 9.83. The molecule has 9 rings (SSSR count). The van der Waals surface area contributed by atoms with Crippen LogP contribution in [0.25, 0.3) is 0 Å². The molecular weight excluding hydrogens is 788 g/mol. The Kier molecular flexibility index (Phi) is 12.9. The second-order valence-corrected chi connectivity index (χ2v) is 15.4. The molecule has 6 aromatic rings. The Labute approximate surface area is 353 Å². The summed E-state index contributed by atoms with van der Waals surface area (Å²) in [6.45, 7) is 1.98. The molecule has 3 atom stereocenters. The fraction of sp³-hybridized carbons (Fsp3) is 0.250. The monoisotopic (exact) mass is 835 g/mol. The summed E-state index contributed by atoms with van der Waals surface area (Å²) >= 11 is 6.06. The van der Waals surface area contributed by atoms with E-state index in [1.54, 1.807) is 32.3 Å². The summed E-state index contributed by atoms with van der Waals surface area (Å²) in [7, 11) is 5.35. The molecule has 0 saturated carbocycles. The zero-order valence-electron chi connectivity index (χ0n) is 33.6. The highest BCUT2D eigenvalue weighted by atomic mass is 35.5. The topological polar surface area (TPSA) is 124 Å². The molecule has 6 aromatic carbocycles. The van der Waals surface area contributed by atoms with Crippen molar-refractivity contribution in [3.8, 4) is 17.2 Å². The predicted molar refractivity (Wildman–Crippen MR) is 227 cm³/mol. The van der Waals surface area contributed by atoms with Crippen LogP contribution in [0.2, 0.25) is 5.02 Å². The first kappa shape index (κ1) is 42.7. The molecule has 0 saturated heterocycles. The molecule has 6 N–H and O–H groups in total. The van der Waals surface area contributed by atoms with E-state index in [1.807, 2.05) is 92.0 Å². The molecule has 0 fully saturated rings. The predicted octanol–water partition coefficient (Wildman–Crippen LogP) is 7.03. The zero-order chi connectivity index (χ0) is 42.5. The van der Waals surface area contributed by atoms with Crippen LogP contribution >= 0.6 is 11.6 Å². The average molecular weight is 836 g/mol. The fourth-order valence-corrected chi connectivity index (χ4v) is 8.47. The smallest absolute Gasteiger partial charge is 0.131 e. The molecule has 0 aromatic heterocycles. The molecule has 3 aliphatic heterocycles. The summed E-state index contributed by atoms with van der Waals surface area (Å²) in [5.41, 5.74) is 2.89. The first-order valence-corrected chi connectivity index (χ1v) is 20.0. The van der Waals surface area contributed by atoms with Crippen molar-refractivity contribution in [3.63, 3.8) is 0 Å². The van der Waals surface area contributed by atoms with Gasteiger partial charge in [0.2, 0.25) is 0 Å². The maximum atomic E-state index is 13.6. The van der Waals surface area contributed by atoms with Crippen LogP contribution in [-0.4, -0.2) is 56.1 Å².